The number of likely N-dealkylation sites (tertiary alicyclic amines) is 1. The molecule has 3 unspecified atom stereocenters. The minimum Gasteiger partial charge on any atom is -0.389 e. The normalized spacial score (nSPS) is 42.9. The van der Waals surface area contributed by atoms with Gasteiger partial charge in [-0.25, -0.2) is 0 Å². The van der Waals surface area contributed by atoms with Crippen molar-refractivity contribution in [1.29, 1.82) is 0 Å². The van der Waals surface area contributed by atoms with Crippen molar-refractivity contribution >= 4 is 0 Å². The smallest absolute Gasteiger partial charge is 0.0746 e. The van der Waals surface area contributed by atoms with E-state index in [1.807, 2.05) is 6.92 Å². The molecule has 1 aliphatic heterocycles. The Balaban J connectivity index is 1.98. The lowest BCUT2D eigenvalue weighted by Crippen LogP contribution is -2.55. The van der Waals surface area contributed by atoms with Crippen molar-refractivity contribution in [2.45, 2.75) is 69.6 Å². The van der Waals surface area contributed by atoms with Crippen LogP contribution in [-0.4, -0.2) is 40.8 Å². The van der Waals surface area contributed by atoms with E-state index in [-0.39, 0.29) is 0 Å². The molecule has 0 aromatic heterocycles. The summed E-state index contributed by atoms with van der Waals surface area (Å²) in [4.78, 5) is 2.44. The van der Waals surface area contributed by atoms with Crippen LogP contribution in [0.25, 0.3) is 0 Å². The van der Waals surface area contributed by atoms with E-state index in [0.29, 0.717) is 12.1 Å². The molecular weight excluding hydrogens is 200 g/mol. The number of aliphatic hydroxyl groups is 1. The molecule has 16 heavy (non-hydrogen) atoms. The van der Waals surface area contributed by atoms with Crippen molar-refractivity contribution in [1.82, 2.24) is 4.90 Å². The van der Waals surface area contributed by atoms with Gasteiger partial charge in [-0.3, -0.25) is 4.90 Å². The molecule has 0 bridgehead atoms. The third-order valence-corrected chi connectivity index (χ3v) is 4.20. The molecule has 0 amide bonds. The highest BCUT2D eigenvalue weighted by Gasteiger charge is 2.34. The van der Waals surface area contributed by atoms with E-state index in [0.717, 1.165) is 32.4 Å². The summed E-state index contributed by atoms with van der Waals surface area (Å²) in [6.45, 7) is 3.89. The first-order valence-electron chi connectivity index (χ1n) is 6.80. The Morgan fingerprint density at radius 3 is 2.69 bits per heavy atom. The summed E-state index contributed by atoms with van der Waals surface area (Å²) < 4.78 is 0. The first-order valence-corrected chi connectivity index (χ1v) is 6.80. The number of piperidine rings is 1. The van der Waals surface area contributed by atoms with Gasteiger partial charge in [-0.2, -0.15) is 0 Å². The molecule has 94 valence electrons. The highest BCUT2D eigenvalue weighted by Crippen LogP contribution is 2.27. The van der Waals surface area contributed by atoms with Crippen LogP contribution in [0.2, 0.25) is 0 Å². The van der Waals surface area contributed by atoms with Crippen LogP contribution in [-0.2, 0) is 0 Å². The molecule has 1 heterocycles. The maximum Gasteiger partial charge on any atom is 0.0746 e. The second kappa shape index (κ2) is 5.03. The molecule has 0 radical (unpaired) electrons. The highest BCUT2D eigenvalue weighted by atomic mass is 16.3. The minimum atomic E-state index is -0.496. The highest BCUT2D eigenvalue weighted by molar-refractivity contribution is 4.91. The quantitative estimate of drug-likeness (QED) is 0.666. The Hall–Kier alpha value is -0.120. The molecule has 1 saturated carbocycles. The molecule has 3 atom stereocenters. The van der Waals surface area contributed by atoms with Gasteiger partial charge in [0, 0.05) is 18.6 Å². The number of hydrogen-bond donors (Lipinski definition) is 2. The van der Waals surface area contributed by atoms with E-state index < -0.39 is 5.60 Å². The van der Waals surface area contributed by atoms with Gasteiger partial charge in [-0.05, 0) is 39.2 Å². The van der Waals surface area contributed by atoms with Crippen molar-refractivity contribution < 1.29 is 5.11 Å². The Morgan fingerprint density at radius 1 is 1.19 bits per heavy atom. The monoisotopic (exact) mass is 226 g/mol. The predicted molar refractivity (Wildman–Crippen MR) is 66.3 cm³/mol. The van der Waals surface area contributed by atoms with Crippen LogP contribution in [0, 0.1) is 0 Å². The molecule has 0 aromatic carbocycles. The van der Waals surface area contributed by atoms with Gasteiger partial charge < -0.3 is 10.8 Å². The maximum atomic E-state index is 10.1. The van der Waals surface area contributed by atoms with Crippen molar-refractivity contribution in [2.75, 3.05) is 13.1 Å². The number of rotatable bonds is 1. The third-order valence-electron chi connectivity index (χ3n) is 4.20. The fraction of sp³-hybridized carbons (Fsp3) is 1.00. The van der Waals surface area contributed by atoms with Crippen LogP contribution in [0.3, 0.4) is 0 Å². The Kier molecular flexibility index (Phi) is 3.88. The summed E-state index contributed by atoms with van der Waals surface area (Å²) in [7, 11) is 0. The van der Waals surface area contributed by atoms with Gasteiger partial charge in [0.1, 0.15) is 0 Å². The molecule has 0 aromatic rings. The lowest BCUT2D eigenvalue weighted by atomic mass is 9.91. The zero-order valence-electron chi connectivity index (χ0n) is 10.5. The van der Waals surface area contributed by atoms with Crippen molar-refractivity contribution in [2.24, 2.45) is 5.73 Å². The first kappa shape index (κ1) is 12.3. The molecule has 3 nitrogen and oxygen atoms in total. The summed E-state index contributed by atoms with van der Waals surface area (Å²) in [6.07, 6.45) is 8.33. The van der Waals surface area contributed by atoms with E-state index in [2.05, 4.69) is 4.90 Å². The van der Waals surface area contributed by atoms with Gasteiger partial charge in [0.25, 0.3) is 0 Å². The lowest BCUT2D eigenvalue weighted by molar-refractivity contribution is -0.0344. The molecule has 2 aliphatic rings. The predicted octanol–water partition coefficient (Wildman–Crippen LogP) is 1.49. The minimum absolute atomic E-state index is 0.316. The van der Waals surface area contributed by atoms with Crippen LogP contribution in [0.5, 0.6) is 0 Å². The van der Waals surface area contributed by atoms with E-state index >= 15 is 0 Å². The molecule has 3 heteroatoms. The largest absolute Gasteiger partial charge is 0.389 e. The molecule has 1 saturated heterocycles. The fourth-order valence-electron chi connectivity index (χ4n) is 3.31. The maximum absolute atomic E-state index is 10.1. The summed E-state index contributed by atoms with van der Waals surface area (Å²) in [5.41, 5.74) is 5.78. The van der Waals surface area contributed by atoms with Gasteiger partial charge in [-0.1, -0.05) is 19.3 Å². The van der Waals surface area contributed by atoms with Gasteiger partial charge in [-0.15, -0.1) is 0 Å². The van der Waals surface area contributed by atoms with Crippen LogP contribution in [0.15, 0.2) is 0 Å². The summed E-state index contributed by atoms with van der Waals surface area (Å²) >= 11 is 0. The van der Waals surface area contributed by atoms with Gasteiger partial charge in [0.05, 0.1) is 5.60 Å². The van der Waals surface area contributed by atoms with Crippen LogP contribution >= 0.6 is 0 Å². The second-order valence-electron chi connectivity index (χ2n) is 5.94. The SMILES string of the molecule is CC1(O)CCCN(C2CCCCCC2N)C1. The summed E-state index contributed by atoms with van der Waals surface area (Å²) in [6, 6.07) is 0.825. The molecular formula is C13H26N2O. The number of nitrogens with two attached hydrogens (primary N) is 1. The Labute approximate surface area is 99.0 Å². The van der Waals surface area contributed by atoms with Crippen molar-refractivity contribution in [3.05, 3.63) is 0 Å². The zero-order chi connectivity index (χ0) is 11.6. The zero-order valence-corrected chi connectivity index (χ0v) is 10.5. The number of β-amino-alcohol motifs (C(OH)–C–C–N with tert-alkyl or cyclic N) is 1. The molecule has 2 rings (SSSR count). The lowest BCUT2D eigenvalue weighted by Gasteiger charge is -2.43. The molecule has 2 fully saturated rings. The number of nitrogens with zero attached hydrogens (tertiary/aromatic N) is 1. The van der Waals surface area contributed by atoms with E-state index in [1.54, 1.807) is 0 Å². The fourth-order valence-corrected chi connectivity index (χ4v) is 3.31. The summed E-state index contributed by atoms with van der Waals surface area (Å²) in [5.74, 6) is 0. The Morgan fingerprint density at radius 2 is 1.94 bits per heavy atom. The molecule has 1 aliphatic carbocycles. The van der Waals surface area contributed by atoms with Crippen LogP contribution < -0.4 is 5.73 Å². The van der Waals surface area contributed by atoms with Gasteiger partial charge in [0.2, 0.25) is 0 Å². The molecule has 3 N–H and O–H groups in total. The van der Waals surface area contributed by atoms with E-state index in [1.165, 1.54) is 25.7 Å². The van der Waals surface area contributed by atoms with Gasteiger partial charge >= 0.3 is 0 Å². The summed E-state index contributed by atoms with van der Waals surface area (Å²) in [5, 5.41) is 10.1. The third kappa shape index (κ3) is 2.96. The average molecular weight is 226 g/mol. The molecule has 0 spiro atoms. The average Bonchev–Trinajstić information content (AvgIpc) is 2.41. The Bertz CT molecular complexity index is 230. The van der Waals surface area contributed by atoms with Crippen molar-refractivity contribution in [3.8, 4) is 0 Å². The standard InChI is InChI=1S/C13H26N2O/c1-13(16)8-5-9-15(10-13)12-7-4-2-3-6-11(12)14/h11-12,16H,2-10,14H2,1H3. The number of hydrogen-bond acceptors (Lipinski definition) is 3. The second-order valence-corrected chi connectivity index (χ2v) is 5.94. The first-order chi connectivity index (χ1) is 7.58. The van der Waals surface area contributed by atoms with E-state index in [4.69, 9.17) is 5.73 Å². The topological polar surface area (TPSA) is 49.5 Å². The van der Waals surface area contributed by atoms with Crippen molar-refractivity contribution in [3.63, 3.8) is 0 Å². The van der Waals surface area contributed by atoms with Gasteiger partial charge in [0.15, 0.2) is 0 Å². The van der Waals surface area contributed by atoms with E-state index in [9.17, 15) is 5.11 Å². The van der Waals surface area contributed by atoms with Crippen LogP contribution in [0.4, 0.5) is 0 Å². The van der Waals surface area contributed by atoms with Crippen LogP contribution in [0.1, 0.15) is 51.9 Å².